The number of hydrogen-bond donors (Lipinski definition) is 3. The fraction of sp³-hybridized carbons (Fsp3) is 0.133. The van der Waals surface area contributed by atoms with E-state index < -0.39 is 0 Å². The van der Waals surface area contributed by atoms with Crippen molar-refractivity contribution in [2.45, 2.75) is 13.8 Å². The predicted octanol–water partition coefficient (Wildman–Crippen LogP) is 2.84. The number of phenols is 1. The first-order chi connectivity index (χ1) is 8.97. The number of anilines is 2. The number of carbonyl (C=O) groups excluding carboxylic acids is 1. The van der Waals surface area contributed by atoms with E-state index in [-0.39, 0.29) is 11.7 Å². The lowest BCUT2D eigenvalue weighted by molar-refractivity contribution is 0.102. The smallest absolute Gasteiger partial charge is 0.255 e. The van der Waals surface area contributed by atoms with E-state index in [9.17, 15) is 9.90 Å². The molecule has 4 nitrogen and oxygen atoms in total. The molecule has 0 bridgehead atoms. The maximum absolute atomic E-state index is 12.1. The Morgan fingerprint density at radius 2 is 1.84 bits per heavy atom. The Morgan fingerprint density at radius 1 is 1.11 bits per heavy atom. The van der Waals surface area contributed by atoms with Crippen molar-refractivity contribution < 1.29 is 9.90 Å². The highest BCUT2D eigenvalue weighted by molar-refractivity contribution is 6.05. The fourth-order valence-electron chi connectivity index (χ4n) is 1.77. The lowest BCUT2D eigenvalue weighted by Crippen LogP contribution is -2.12. The zero-order valence-electron chi connectivity index (χ0n) is 10.9. The molecule has 0 spiro atoms. The Kier molecular flexibility index (Phi) is 3.42. The van der Waals surface area contributed by atoms with E-state index in [0.717, 1.165) is 11.1 Å². The number of phenolic OH excluding ortho intramolecular Hbond substituents is 1. The van der Waals surface area contributed by atoms with E-state index in [1.165, 1.54) is 6.07 Å². The molecule has 0 aromatic heterocycles. The molecule has 0 heterocycles. The quantitative estimate of drug-likeness (QED) is 0.723. The standard InChI is InChI=1S/C15H16N2O2/c1-9-3-4-11(8-14(9)18)15(19)17-13-6-5-12(16)7-10(13)2/h3-8,18H,16H2,1-2H3,(H,17,19). The van der Waals surface area contributed by atoms with Gasteiger partial charge < -0.3 is 16.2 Å². The highest BCUT2D eigenvalue weighted by atomic mass is 16.3. The lowest BCUT2D eigenvalue weighted by atomic mass is 10.1. The van der Waals surface area contributed by atoms with Gasteiger partial charge in [0.25, 0.3) is 5.91 Å². The number of aryl methyl sites for hydroxylation is 2. The molecule has 98 valence electrons. The first kappa shape index (κ1) is 13.0. The van der Waals surface area contributed by atoms with E-state index in [0.29, 0.717) is 16.9 Å². The summed E-state index contributed by atoms with van der Waals surface area (Å²) in [5, 5.41) is 12.4. The van der Waals surface area contributed by atoms with Gasteiger partial charge >= 0.3 is 0 Å². The molecule has 0 aliphatic heterocycles. The van der Waals surface area contributed by atoms with Crippen molar-refractivity contribution in [3.63, 3.8) is 0 Å². The normalized spacial score (nSPS) is 10.2. The summed E-state index contributed by atoms with van der Waals surface area (Å²) in [5.74, 6) is -0.148. The average molecular weight is 256 g/mol. The van der Waals surface area contributed by atoms with Crippen molar-refractivity contribution in [1.29, 1.82) is 0 Å². The van der Waals surface area contributed by atoms with E-state index in [1.54, 1.807) is 37.3 Å². The second-order valence-electron chi connectivity index (χ2n) is 4.53. The number of hydrogen-bond acceptors (Lipinski definition) is 3. The van der Waals surface area contributed by atoms with Crippen LogP contribution in [-0.2, 0) is 0 Å². The highest BCUT2D eigenvalue weighted by Gasteiger charge is 2.09. The largest absolute Gasteiger partial charge is 0.508 e. The van der Waals surface area contributed by atoms with E-state index in [4.69, 9.17) is 5.73 Å². The van der Waals surface area contributed by atoms with Crippen LogP contribution >= 0.6 is 0 Å². The average Bonchev–Trinajstić information content (AvgIpc) is 2.36. The molecule has 1 amide bonds. The Balaban J connectivity index is 2.23. The molecule has 2 aromatic rings. The zero-order chi connectivity index (χ0) is 14.0. The minimum atomic E-state index is -0.261. The van der Waals surface area contributed by atoms with Crippen molar-refractivity contribution in [2.75, 3.05) is 11.1 Å². The van der Waals surface area contributed by atoms with Crippen LogP contribution < -0.4 is 11.1 Å². The van der Waals surface area contributed by atoms with Gasteiger partial charge in [-0.2, -0.15) is 0 Å². The van der Waals surface area contributed by atoms with Crippen molar-refractivity contribution >= 4 is 17.3 Å². The molecule has 0 unspecified atom stereocenters. The summed E-state index contributed by atoms with van der Waals surface area (Å²) in [6, 6.07) is 10.1. The molecule has 4 N–H and O–H groups in total. The number of nitrogen functional groups attached to an aromatic ring is 1. The van der Waals surface area contributed by atoms with Crippen LogP contribution in [0.15, 0.2) is 36.4 Å². The Hall–Kier alpha value is -2.49. The number of aromatic hydroxyl groups is 1. The summed E-state index contributed by atoms with van der Waals surface area (Å²) in [6.45, 7) is 3.65. The number of nitrogens with one attached hydrogen (secondary N) is 1. The third-order valence-electron chi connectivity index (χ3n) is 2.97. The van der Waals surface area contributed by atoms with Gasteiger partial charge in [0.15, 0.2) is 0 Å². The summed E-state index contributed by atoms with van der Waals surface area (Å²) >= 11 is 0. The molecule has 19 heavy (non-hydrogen) atoms. The van der Waals surface area contributed by atoms with Crippen LogP contribution in [0.3, 0.4) is 0 Å². The lowest BCUT2D eigenvalue weighted by Gasteiger charge is -2.09. The highest BCUT2D eigenvalue weighted by Crippen LogP contribution is 2.21. The van der Waals surface area contributed by atoms with Crippen LogP contribution in [0.5, 0.6) is 5.75 Å². The fourth-order valence-corrected chi connectivity index (χ4v) is 1.77. The summed E-state index contributed by atoms with van der Waals surface area (Å²) in [4.78, 5) is 12.1. The molecule has 0 saturated heterocycles. The summed E-state index contributed by atoms with van der Waals surface area (Å²) in [5.41, 5.74) is 9.07. The third kappa shape index (κ3) is 2.85. The zero-order valence-corrected chi connectivity index (χ0v) is 10.9. The van der Waals surface area contributed by atoms with Crippen LogP contribution in [0.25, 0.3) is 0 Å². The van der Waals surface area contributed by atoms with Crippen LogP contribution in [0.1, 0.15) is 21.5 Å². The van der Waals surface area contributed by atoms with Gasteiger partial charge in [-0.3, -0.25) is 4.79 Å². The molecule has 2 rings (SSSR count). The summed E-state index contributed by atoms with van der Waals surface area (Å²) in [6.07, 6.45) is 0. The molecule has 4 heteroatoms. The van der Waals surface area contributed by atoms with Gasteiger partial charge in [0.05, 0.1) is 0 Å². The number of amides is 1. The van der Waals surface area contributed by atoms with Crippen molar-refractivity contribution in [2.24, 2.45) is 0 Å². The second kappa shape index (κ2) is 5.02. The SMILES string of the molecule is Cc1ccc(C(=O)Nc2ccc(N)cc2C)cc1O. The molecule has 2 aromatic carbocycles. The molecule has 0 aliphatic carbocycles. The molecular formula is C15H16N2O2. The van der Waals surface area contributed by atoms with Crippen molar-refractivity contribution in [3.05, 3.63) is 53.1 Å². The van der Waals surface area contributed by atoms with E-state index >= 15 is 0 Å². The Bertz CT molecular complexity index is 636. The minimum Gasteiger partial charge on any atom is -0.508 e. The van der Waals surface area contributed by atoms with Gasteiger partial charge in [-0.1, -0.05) is 6.07 Å². The van der Waals surface area contributed by atoms with Crippen LogP contribution in [0, 0.1) is 13.8 Å². The van der Waals surface area contributed by atoms with Gasteiger partial charge in [-0.05, 0) is 55.3 Å². The maximum atomic E-state index is 12.1. The van der Waals surface area contributed by atoms with Gasteiger partial charge in [0.2, 0.25) is 0 Å². The van der Waals surface area contributed by atoms with Crippen LogP contribution in [0.4, 0.5) is 11.4 Å². The number of benzene rings is 2. The van der Waals surface area contributed by atoms with Crippen LogP contribution in [-0.4, -0.2) is 11.0 Å². The Labute approximate surface area is 111 Å². The first-order valence-electron chi connectivity index (χ1n) is 5.94. The molecule has 0 atom stereocenters. The monoisotopic (exact) mass is 256 g/mol. The number of nitrogens with two attached hydrogens (primary N) is 1. The first-order valence-corrected chi connectivity index (χ1v) is 5.94. The molecule has 0 saturated carbocycles. The van der Waals surface area contributed by atoms with Gasteiger partial charge in [0, 0.05) is 16.9 Å². The van der Waals surface area contributed by atoms with Crippen molar-refractivity contribution in [1.82, 2.24) is 0 Å². The Morgan fingerprint density at radius 3 is 2.47 bits per heavy atom. The van der Waals surface area contributed by atoms with Gasteiger partial charge in [-0.15, -0.1) is 0 Å². The number of carbonyl (C=O) groups is 1. The summed E-state index contributed by atoms with van der Waals surface area (Å²) in [7, 11) is 0. The van der Waals surface area contributed by atoms with Gasteiger partial charge in [-0.25, -0.2) is 0 Å². The number of rotatable bonds is 2. The molecule has 0 fully saturated rings. The second-order valence-corrected chi connectivity index (χ2v) is 4.53. The topological polar surface area (TPSA) is 75.4 Å². The van der Waals surface area contributed by atoms with Crippen LogP contribution in [0.2, 0.25) is 0 Å². The predicted molar refractivity (Wildman–Crippen MR) is 76.4 cm³/mol. The minimum absolute atomic E-state index is 0.113. The third-order valence-corrected chi connectivity index (χ3v) is 2.97. The maximum Gasteiger partial charge on any atom is 0.255 e. The molecule has 0 aliphatic rings. The molecular weight excluding hydrogens is 240 g/mol. The van der Waals surface area contributed by atoms with E-state index in [1.807, 2.05) is 6.92 Å². The van der Waals surface area contributed by atoms with E-state index in [2.05, 4.69) is 5.32 Å². The summed E-state index contributed by atoms with van der Waals surface area (Å²) < 4.78 is 0. The van der Waals surface area contributed by atoms with Crippen molar-refractivity contribution in [3.8, 4) is 5.75 Å². The molecule has 0 radical (unpaired) electrons. The van der Waals surface area contributed by atoms with Gasteiger partial charge in [0.1, 0.15) is 5.75 Å².